The Morgan fingerprint density at radius 3 is 2.58 bits per heavy atom. The van der Waals surface area contributed by atoms with Crippen LogP contribution in [0.3, 0.4) is 0 Å². The molecule has 1 aromatic carbocycles. The van der Waals surface area contributed by atoms with Crippen LogP contribution in [0.1, 0.15) is 6.92 Å². The summed E-state index contributed by atoms with van der Waals surface area (Å²) >= 11 is 0. The number of hydrogen-bond donors (Lipinski definition) is 1. The Balaban J connectivity index is 2.30. The molecule has 1 aliphatic heterocycles. The summed E-state index contributed by atoms with van der Waals surface area (Å²) in [5.74, 6) is -0.0436. The monoisotopic (exact) mass is 301 g/mol. The van der Waals surface area contributed by atoms with E-state index in [0.717, 1.165) is 5.41 Å². The normalized spacial score (nSPS) is 21.4. The average Bonchev–Trinajstić information content (AvgIpc) is 2.69. The zero-order valence-electron chi connectivity index (χ0n) is 10.4. The minimum absolute atomic E-state index is 0.00446. The van der Waals surface area contributed by atoms with Crippen molar-refractivity contribution in [2.75, 3.05) is 16.8 Å². The highest BCUT2D eigenvalue weighted by Gasteiger charge is 2.23. The van der Waals surface area contributed by atoms with E-state index < -0.39 is 25.7 Å². The minimum atomic E-state index is -3.34. The predicted octanol–water partition coefficient (Wildman–Crippen LogP) is 1.20. The van der Waals surface area contributed by atoms with Crippen molar-refractivity contribution in [3.63, 3.8) is 0 Å². The van der Waals surface area contributed by atoms with E-state index >= 15 is 0 Å². The smallest absolute Gasteiger partial charge is 0.180 e. The highest BCUT2D eigenvalue weighted by atomic mass is 32.2. The first-order valence-corrected chi connectivity index (χ1v) is 9.20. The number of benzene rings is 1. The van der Waals surface area contributed by atoms with E-state index in [1.165, 1.54) is 12.1 Å². The van der Waals surface area contributed by atoms with Crippen LogP contribution in [0.4, 0.5) is 5.69 Å². The largest absolute Gasteiger partial charge is 0.377 e. The Morgan fingerprint density at radius 1 is 1.32 bits per heavy atom. The zero-order valence-corrected chi connectivity index (χ0v) is 12.0. The lowest BCUT2D eigenvalue weighted by Crippen LogP contribution is -2.22. The van der Waals surface area contributed by atoms with Crippen LogP contribution in [0.5, 0.6) is 0 Å². The fourth-order valence-corrected chi connectivity index (χ4v) is 4.17. The molecular weight excluding hydrogens is 286 g/mol. The molecule has 5 nitrogen and oxygen atoms in total. The van der Waals surface area contributed by atoms with Gasteiger partial charge in [0.15, 0.2) is 19.7 Å². The van der Waals surface area contributed by atoms with Crippen LogP contribution in [-0.2, 0) is 19.7 Å². The Hall–Kier alpha value is -1.34. The number of rotatable bonds is 4. The summed E-state index contributed by atoms with van der Waals surface area (Å²) in [6.07, 6.45) is 1.53. The van der Waals surface area contributed by atoms with Crippen LogP contribution >= 0.6 is 0 Å². The number of nitrogens with one attached hydrogen (secondary N) is 1. The van der Waals surface area contributed by atoms with Gasteiger partial charge in [0.05, 0.1) is 28.1 Å². The van der Waals surface area contributed by atoms with Crippen molar-refractivity contribution in [2.45, 2.75) is 17.9 Å². The molecule has 1 N–H and O–H groups in total. The van der Waals surface area contributed by atoms with Crippen molar-refractivity contribution in [3.05, 3.63) is 35.7 Å². The molecule has 0 spiro atoms. The van der Waals surface area contributed by atoms with Gasteiger partial charge in [0.2, 0.25) is 0 Å². The number of hydrogen-bond acceptors (Lipinski definition) is 5. The highest BCUT2D eigenvalue weighted by molar-refractivity contribution is 7.94. The molecule has 7 heteroatoms. The topological polar surface area (TPSA) is 80.3 Å². The van der Waals surface area contributed by atoms with E-state index in [2.05, 4.69) is 5.32 Å². The molecule has 0 bridgehead atoms. The Labute approximate surface area is 113 Å². The molecule has 1 aromatic rings. The molecule has 0 fully saturated rings. The van der Waals surface area contributed by atoms with Gasteiger partial charge in [-0.3, -0.25) is 0 Å². The van der Waals surface area contributed by atoms with Crippen LogP contribution in [0, 0.1) is 0 Å². The van der Waals surface area contributed by atoms with E-state index in [0.29, 0.717) is 5.69 Å². The van der Waals surface area contributed by atoms with E-state index in [9.17, 15) is 16.8 Å². The molecule has 1 atom stereocenters. The van der Waals surface area contributed by atoms with Gasteiger partial charge in [-0.1, -0.05) is 25.1 Å². The average molecular weight is 301 g/mol. The van der Waals surface area contributed by atoms with Crippen molar-refractivity contribution in [2.24, 2.45) is 0 Å². The molecule has 0 aromatic heterocycles. The first kappa shape index (κ1) is 14.1. The molecule has 19 heavy (non-hydrogen) atoms. The standard InChI is InChI=1S/C12H15NO4S2/c1-2-19(16,17)12-6-4-3-5-11(12)13-10-7-8-18(14,15)9-10/h3-8,10,13H,2,9H2,1H3. The van der Waals surface area contributed by atoms with Gasteiger partial charge >= 0.3 is 0 Å². The number of para-hydroxylation sites is 1. The van der Waals surface area contributed by atoms with Crippen molar-refractivity contribution < 1.29 is 16.8 Å². The molecule has 0 aliphatic carbocycles. The van der Waals surface area contributed by atoms with Gasteiger partial charge in [-0.25, -0.2) is 16.8 Å². The zero-order chi connectivity index (χ0) is 14.1. The van der Waals surface area contributed by atoms with E-state index in [4.69, 9.17) is 0 Å². The van der Waals surface area contributed by atoms with Gasteiger partial charge in [0, 0.05) is 5.41 Å². The predicted molar refractivity (Wildman–Crippen MR) is 74.5 cm³/mol. The number of anilines is 1. The van der Waals surface area contributed by atoms with Gasteiger partial charge in [0.25, 0.3) is 0 Å². The van der Waals surface area contributed by atoms with E-state index in [-0.39, 0.29) is 16.4 Å². The van der Waals surface area contributed by atoms with Crippen LogP contribution in [0.25, 0.3) is 0 Å². The fraction of sp³-hybridized carbons (Fsp3) is 0.333. The number of sulfone groups is 2. The fourth-order valence-electron chi connectivity index (χ4n) is 1.88. The first-order valence-electron chi connectivity index (χ1n) is 5.83. The third kappa shape index (κ3) is 3.16. The van der Waals surface area contributed by atoms with Crippen LogP contribution in [0.15, 0.2) is 40.6 Å². The third-order valence-electron chi connectivity index (χ3n) is 2.87. The van der Waals surface area contributed by atoms with Gasteiger partial charge in [0.1, 0.15) is 0 Å². The lowest BCUT2D eigenvalue weighted by atomic mass is 10.2. The Kier molecular flexibility index (Phi) is 3.69. The quantitative estimate of drug-likeness (QED) is 0.904. The second-order valence-electron chi connectivity index (χ2n) is 4.31. The maximum atomic E-state index is 11.9. The Morgan fingerprint density at radius 2 is 2.00 bits per heavy atom. The van der Waals surface area contributed by atoms with Gasteiger partial charge in [-0.15, -0.1) is 0 Å². The molecule has 0 radical (unpaired) electrons. The molecule has 104 valence electrons. The Bertz CT molecular complexity index is 705. The second kappa shape index (κ2) is 4.97. The maximum absolute atomic E-state index is 11.9. The van der Waals surface area contributed by atoms with Crippen molar-refractivity contribution in [3.8, 4) is 0 Å². The lowest BCUT2D eigenvalue weighted by molar-refractivity contribution is 0.597. The summed E-state index contributed by atoms with van der Waals surface area (Å²) < 4.78 is 46.5. The molecule has 2 rings (SSSR count). The van der Waals surface area contributed by atoms with Gasteiger partial charge < -0.3 is 5.32 Å². The summed E-state index contributed by atoms with van der Waals surface area (Å²) in [6, 6.07) is 6.13. The molecule has 1 aliphatic rings. The summed E-state index contributed by atoms with van der Waals surface area (Å²) in [6.45, 7) is 1.58. The van der Waals surface area contributed by atoms with E-state index in [1.807, 2.05) is 0 Å². The summed E-state index contributed by atoms with van der Waals surface area (Å²) in [7, 11) is -6.50. The summed E-state index contributed by atoms with van der Waals surface area (Å²) in [4.78, 5) is 0.204. The van der Waals surface area contributed by atoms with Crippen LogP contribution < -0.4 is 5.32 Å². The summed E-state index contributed by atoms with van der Waals surface area (Å²) in [5, 5.41) is 4.11. The van der Waals surface area contributed by atoms with Crippen LogP contribution in [-0.4, -0.2) is 34.4 Å². The molecule has 0 amide bonds. The molecule has 0 saturated heterocycles. The van der Waals surface area contributed by atoms with Crippen molar-refractivity contribution in [1.29, 1.82) is 0 Å². The first-order chi connectivity index (χ1) is 8.84. The minimum Gasteiger partial charge on any atom is -0.377 e. The van der Waals surface area contributed by atoms with Crippen molar-refractivity contribution in [1.82, 2.24) is 0 Å². The molecular formula is C12H15NO4S2. The van der Waals surface area contributed by atoms with Crippen molar-refractivity contribution >= 4 is 25.4 Å². The second-order valence-corrected chi connectivity index (χ2v) is 8.49. The maximum Gasteiger partial charge on any atom is 0.180 e. The molecule has 0 saturated carbocycles. The lowest BCUT2D eigenvalue weighted by Gasteiger charge is -2.15. The SMILES string of the molecule is CCS(=O)(=O)c1ccccc1NC1C=CS(=O)(=O)C1. The summed E-state index contributed by atoms with van der Waals surface area (Å²) in [5.41, 5.74) is 0.441. The molecule has 1 heterocycles. The van der Waals surface area contributed by atoms with Gasteiger partial charge in [-0.05, 0) is 12.1 Å². The highest BCUT2D eigenvalue weighted by Crippen LogP contribution is 2.24. The van der Waals surface area contributed by atoms with Gasteiger partial charge in [-0.2, -0.15) is 0 Å². The van der Waals surface area contributed by atoms with E-state index in [1.54, 1.807) is 25.1 Å². The third-order valence-corrected chi connectivity index (χ3v) is 6.05. The molecule has 1 unspecified atom stereocenters. The van der Waals surface area contributed by atoms with Crippen LogP contribution in [0.2, 0.25) is 0 Å².